The first-order chi connectivity index (χ1) is 13.1. The molecule has 4 N–H and O–H groups in total. The predicted octanol–water partition coefficient (Wildman–Crippen LogP) is 2.63. The monoisotopic (exact) mass is 516 g/mol. The number of aliphatic imine (C=N–C) groups is 1. The molecule has 0 aliphatic carbocycles. The summed E-state index contributed by atoms with van der Waals surface area (Å²) in [7, 11) is 1.68. The van der Waals surface area contributed by atoms with E-state index in [2.05, 4.69) is 20.9 Å². The molecule has 0 saturated carbocycles. The second kappa shape index (κ2) is 13.4. The summed E-state index contributed by atoms with van der Waals surface area (Å²) >= 11 is 5.82. The van der Waals surface area contributed by atoms with Crippen molar-refractivity contribution in [3.8, 4) is 0 Å². The number of hydrogen-bond acceptors (Lipinski definition) is 3. The van der Waals surface area contributed by atoms with Crippen LogP contribution >= 0.6 is 35.6 Å². The molecule has 0 bridgehead atoms. The number of amides is 1. The molecule has 0 radical (unpaired) electrons. The number of benzene rings is 2. The van der Waals surface area contributed by atoms with E-state index >= 15 is 0 Å². The van der Waals surface area contributed by atoms with Crippen LogP contribution in [-0.2, 0) is 0 Å². The van der Waals surface area contributed by atoms with Crippen LogP contribution < -0.4 is 16.0 Å². The highest BCUT2D eigenvalue weighted by atomic mass is 127. The van der Waals surface area contributed by atoms with Crippen LogP contribution in [-0.4, -0.2) is 50.3 Å². The van der Waals surface area contributed by atoms with E-state index in [9.17, 15) is 9.90 Å². The molecule has 0 fully saturated rings. The van der Waals surface area contributed by atoms with E-state index in [0.29, 0.717) is 36.2 Å². The maximum absolute atomic E-state index is 12.0. The number of hydrogen-bond donors (Lipinski definition) is 4. The van der Waals surface area contributed by atoms with Gasteiger partial charge in [0.05, 0.1) is 6.61 Å². The summed E-state index contributed by atoms with van der Waals surface area (Å²) in [6, 6.07) is 16.6. The fourth-order valence-electron chi connectivity index (χ4n) is 2.51. The number of aliphatic hydroxyl groups is 1. The molecule has 0 aliphatic heterocycles. The molecule has 0 saturated heterocycles. The van der Waals surface area contributed by atoms with Crippen molar-refractivity contribution in [2.24, 2.45) is 4.99 Å². The number of nitrogens with one attached hydrogen (secondary N) is 3. The van der Waals surface area contributed by atoms with Gasteiger partial charge in [0.2, 0.25) is 0 Å². The zero-order valence-electron chi connectivity index (χ0n) is 15.7. The van der Waals surface area contributed by atoms with Crippen molar-refractivity contribution in [3.05, 3.63) is 70.7 Å². The zero-order chi connectivity index (χ0) is 19.5. The standard InChI is InChI=1S/C20H25ClN4O2.HI/c1-22-20(25-13-17(14-26)15-5-3-2-4-6-15)24-12-11-23-19(27)16-7-9-18(21)10-8-16;/h2-10,17,26H,11-14H2,1H3,(H,23,27)(H2,22,24,25);1H. The van der Waals surface area contributed by atoms with E-state index in [1.807, 2.05) is 30.3 Å². The van der Waals surface area contributed by atoms with Crippen LogP contribution in [0.15, 0.2) is 59.6 Å². The van der Waals surface area contributed by atoms with Crippen molar-refractivity contribution >= 4 is 47.4 Å². The molecule has 28 heavy (non-hydrogen) atoms. The first kappa shape index (κ1) is 24.2. The Balaban J connectivity index is 0.00000392. The van der Waals surface area contributed by atoms with Gasteiger partial charge in [-0.2, -0.15) is 0 Å². The Bertz CT molecular complexity index is 742. The lowest BCUT2D eigenvalue weighted by molar-refractivity contribution is 0.0954. The van der Waals surface area contributed by atoms with Gasteiger partial charge in [-0.25, -0.2) is 0 Å². The van der Waals surface area contributed by atoms with Crippen molar-refractivity contribution < 1.29 is 9.90 Å². The number of aliphatic hydroxyl groups excluding tert-OH is 1. The molecule has 1 unspecified atom stereocenters. The smallest absolute Gasteiger partial charge is 0.251 e. The molecule has 2 rings (SSSR count). The normalized spacial score (nSPS) is 11.9. The lowest BCUT2D eigenvalue weighted by Gasteiger charge is -2.18. The summed E-state index contributed by atoms with van der Waals surface area (Å²) < 4.78 is 0. The first-order valence-electron chi connectivity index (χ1n) is 8.78. The minimum Gasteiger partial charge on any atom is -0.396 e. The molecular formula is C20H26ClIN4O2. The van der Waals surface area contributed by atoms with Gasteiger partial charge in [0.15, 0.2) is 5.96 Å². The van der Waals surface area contributed by atoms with Crippen LogP contribution in [0.3, 0.4) is 0 Å². The second-order valence-electron chi connectivity index (χ2n) is 5.93. The lowest BCUT2D eigenvalue weighted by Crippen LogP contribution is -2.43. The van der Waals surface area contributed by atoms with Gasteiger partial charge >= 0.3 is 0 Å². The van der Waals surface area contributed by atoms with Gasteiger partial charge in [-0.15, -0.1) is 24.0 Å². The molecule has 0 spiro atoms. The minimum atomic E-state index is -0.152. The van der Waals surface area contributed by atoms with Crippen LogP contribution in [0.5, 0.6) is 0 Å². The van der Waals surface area contributed by atoms with E-state index in [-0.39, 0.29) is 42.4 Å². The molecule has 2 aromatic carbocycles. The Morgan fingerprint density at radius 3 is 2.29 bits per heavy atom. The third-order valence-corrected chi connectivity index (χ3v) is 4.29. The molecule has 0 aliphatic rings. The number of carbonyl (C=O) groups is 1. The zero-order valence-corrected chi connectivity index (χ0v) is 18.8. The largest absolute Gasteiger partial charge is 0.396 e. The van der Waals surface area contributed by atoms with E-state index in [1.54, 1.807) is 31.3 Å². The van der Waals surface area contributed by atoms with Gasteiger partial charge in [-0.1, -0.05) is 41.9 Å². The maximum Gasteiger partial charge on any atom is 0.251 e. The van der Waals surface area contributed by atoms with E-state index < -0.39 is 0 Å². The maximum atomic E-state index is 12.0. The van der Waals surface area contributed by atoms with Crippen LogP contribution in [0.4, 0.5) is 0 Å². The number of guanidine groups is 1. The fourth-order valence-corrected chi connectivity index (χ4v) is 2.64. The van der Waals surface area contributed by atoms with Crippen molar-refractivity contribution in [1.29, 1.82) is 0 Å². The summed E-state index contributed by atoms with van der Waals surface area (Å²) in [6.07, 6.45) is 0. The highest BCUT2D eigenvalue weighted by Crippen LogP contribution is 2.13. The van der Waals surface area contributed by atoms with Crippen LogP contribution in [0.2, 0.25) is 5.02 Å². The van der Waals surface area contributed by atoms with Crippen LogP contribution in [0.1, 0.15) is 21.8 Å². The average molecular weight is 517 g/mol. The Hall–Kier alpha value is -1.84. The summed E-state index contributed by atoms with van der Waals surface area (Å²) in [4.78, 5) is 16.2. The summed E-state index contributed by atoms with van der Waals surface area (Å²) in [5.41, 5.74) is 1.63. The molecule has 2 aromatic rings. The predicted molar refractivity (Wildman–Crippen MR) is 125 cm³/mol. The summed E-state index contributed by atoms with van der Waals surface area (Å²) in [5.74, 6) is 0.445. The summed E-state index contributed by atoms with van der Waals surface area (Å²) in [5, 5.41) is 19.4. The van der Waals surface area contributed by atoms with E-state index in [4.69, 9.17) is 11.6 Å². The van der Waals surface area contributed by atoms with Crippen LogP contribution in [0.25, 0.3) is 0 Å². The van der Waals surface area contributed by atoms with Gasteiger partial charge in [-0.05, 0) is 29.8 Å². The SMILES string of the molecule is CN=C(NCCNC(=O)c1ccc(Cl)cc1)NCC(CO)c1ccccc1.I. The minimum absolute atomic E-state index is 0. The quantitative estimate of drug-likeness (QED) is 0.188. The fraction of sp³-hybridized carbons (Fsp3) is 0.300. The van der Waals surface area contributed by atoms with Gasteiger partial charge < -0.3 is 21.1 Å². The van der Waals surface area contributed by atoms with Gasteiger partial charge in [-0.3, -0.25) is 9.79 Å². The molecule has 152 valence electrons. The molecule has 1 amide bonds. The molecule has 1 atom stereocenters. The average Bonchev–Trinajstić information content (AvgIpc) is 2.71. The topological polar surface area (TPSA) is 85.8 Å². The van der Waals surface area contributed by atoms with Crippen molar-refractivity contribution in [2.45, 2.75) is 5.92 Å². The molecular weight excluding hydrogens is 491 g/mol. The second-order valence-corrected chi connectivity index (χ2v) is 6.37. The molecule has 8 heteroatoms. The number of carbonyl (C=O) groups excluding carboxylic acids is 1. The Morgan fingerprint density at radius 2 is 1.68 bits per heavy atom. The number of nitrogens with zero attached hydrogens (tertiary/aromatic N) is 1. The van der Waals surface area contributed by atoms with Crippen molar-refractivity contribution in [2.75, 3.05) is 33.3 Å². The van der Waals surface area contributed by atoms with Gasteiger partial charge in [0.1, 0.15) is 0 Å². The van der Waals surface area contributed by atoms with E-state index in [1.165, 1.54) is 0 Å². The van der Waals surface area contributed by atoms with Crippen molar-refractivity contribution in [1.82, 2.24) is 16.0 Å². The first-order valence-corrected chi connectivity index (χ1v) is 9.16. The lowest BCUT2D eigenvalue weighted by atomic mass is 10.0. The molecule has 6 nitrogen and oxygen atoms in total. The number of rotatable bonds is 8. The third-order valence-electron chi connectivity index (χ3n) is 4.04. The summed E-state index contributed by atoms with van der Waals surface area (Å²) in [6.45, 7) is 1.57. The highest BCUT2D eigenvalue weighted by molar-refractivity contribution is 14.0. The third kappa shape index (κ3) is 8.04. The van der Waals surface area contributed by atoms with Crippen LogP contribution in [0, 0.1) is 0 Å². The Kier molecular flexibility index (Phi) is 11.5. The van der Waals surface area contributed by atoms with E-state index in [0.717, 1.165) is 5.56 Å². The van der Waals surface area contributed by atoms with Gasteiger partial charge in [0, 0.05) is 43.2 Å². The molecule has 0 heterocycles. The highest BCUT2D eigenvalue weighted by Gasteiger charge is 2.11. The van der Waals surface area contributed by atoms with Crippen molar-refractivity contribution in [3.63, 3.8) is 0 Å². The number of halogens is 2. The Morgan fingerprint density at radius 1 is 1.04 bits per heavy atom. The molecule has 0 aromatic heterocycles. The van der Waals surface area contributed by atoms with Gasteiger partial charge in [0.25, 0.3) is 5.91 Å². The Labute approximate surface area is 187 Å².